The molecule has 0 bridgehead atoms. The van der Waals surface area contributed by atoms with Gasteiger partial charge >= 0.3 is 5.97 Å². The Morgan fingerprint density at radius 1 is 0.813 bits per heavy atom. The van der Waals surface area contributed by atoms with Crippen LogP contribution < -0.4 is 25.2 Å². The van der Waals surface area contributed by atoms with Crippen LogP contribution in [0.25, 0.3) is 32.2 Å². The fourth-order valence-electron chi connectivity index (χ4n) is 10.7. The number of para-hydroxylation sites is 1. The largest absolute Gasteiger partial charge is 0.493 e. The molecule has 1 unspecified atom stereocenters. The predicted octanol–water partition coefficient (Wildman–Crippen LogP) is 10.4. The number of nitrogens with one attached hydrogen (secondary N) is 2. The number of rotatable bonds is 17. The molecule has 3 aromatic heterocycles. The number of imide groups is 1. The first-order valence-electron chi connectivity index (χ1n) is 26.5. The molecule has 2 fully saturated rings. The van der Waals surface area contributed by atoms with E-state index in [2.05, 4.69) is 54.6 Å². The molecule has 6 heterocycles. The smallest absolute Gasteiger partial charge is 0.358 e. The van der Waals surface area contributed by atoms with Crippen LogP contribution in [0.1, 0.15) is 121 Å². The molecule has 0 aliphatic carbocycles. The van der Waals surface area contributed by atoms with Crippen molar-refractivity contribution in [1.29, 1.82) is 0 Å². The third-order valence-corrected chi connectivity index (χ3v) is 15.7. The number of ether oxygens (including phenoxy) is 2. The van der Waals surface area contributed by atoms with Gasteiger partial charge < -0.3 is 19.3 Å². The number of carbonyl (C=O) groups excluding carboxylic acids is 4. The minimum Gasteiger partial charge on any atom is -0.493 e. The number of amides is 3. The lowest BCUT2D eigenvalue weighted by molar-refractivity contribution is -0.134. The van der Waals surface area contributed by atoms with Gasteiger partial charge in [-0.2, -0.15) is 5.10 Å². The predicted molar refractivity (Wildman–Crippen MR) is 296 cm³/mol. The summed E-state index contributed by atoms with van der Waals surface area (Å²) < 4.78 is 15.2. The first-order chi connectivity index (χ1) is 36.3. The average Bonchev–Trinajstić information content (AvgIpc) is 3.98. The summed E-state index contributed by atoms with van der Waals surface area (Å²) in [6.45, 7) is 14.4. The number of hydrogen-bond donors (Lipinski definition) is 2. The number of pyridine rings is 1. The maximum absolute atomic E-state index is 14.0. The zero-order chi connectivity index (χ0) is 52.2. The third kappa shape index (κ3) is 11.7. The monoisotopic (exact) mass is 1030 g/mol. The maximum atomic E-state index is 14.0. The summed E-state index contributed by atoms with van der Waals surface area (Å²) in [5.41, 5.74) is 8.38. The first kappa shape index (κ1) is 51.3. The molecule has 15 nitrogen and oxygen atoms in total. The topological polar surface area (TPSA) is 164 Å². The Balaban J connectivity index is 0.695. The number of unbranched alkanes of at least 4 members (excludes halogenated alkanes) is 5. The molecular weight excluding hydrogens is 963 g/mol. The van der Waals surface area contributed by atoms with E-state index in [4.69, 9.17) is 19.6 Å². The van der Waals surface area contributed by atoms with Crippen molar-refractivity contribution in [3.05, 3.63) is 125 Å². The number of fused-ring (bicyclic) bond motifs is 3. The van der Waals surface area contributed by atoms with Crippen molar-refractivity contribution in [2.75, 3.05) is 61.0 Å². The SMILES string of the molecule is Cc1c(OCCCCCCCCN2CCN(c3ccc4c(C5CCC(=O)NC5=O)nn(C)c4c3)CC2)cccc1-c1ccc(N2CCc3cccc(C(=O)Nc4nc5ccccc5s4)c3C2)nc1C(=O)OC(C)(C)C. The summed E-state index contributed by atoms with van der Waals surface area (Å²) in [5, 5.41) is 11.8. The zero-order valence-electron chi connectivity index (χ0n) is 43.7. The molecule has 16 heteroatoms. The van der Waals surface area contributed by atoms with E-state index >= 15 is 0 Å². The van der Waals surface area contributed by atoms with Gasteiger partial charge in [0.15, 0.2) is 10.8 Å². The van der Waals surface area contributed by atoms with Crippen molar-refractivity contribution in [1.82, 2.24) is 30.0 Å². The number of piperidine rings is 1. The summed E-state index contributed by atoms with van der Waals surface area (Å²) in [6.07, 6.45) is 8.35. The molecular formula is C59H67N9O6S. The molecule has 2 saturated heterocycles. The number of hydrogen-bond acceptors (Lipinski definition) is 13. The van der Waals surface area contributed by atoms with Gasteiger partial charge in [-0.1, -0.05) is 73.4 Å². The summed E-state index contributed by atoms with van der Waals surface area (Å²) in [5.74, 6) is -0.160. The standard InChI is InChI=1S/C59H67N9O6S/c1-38-41(42-24-26-51(61-54(42)57(72)74-59(2,3)4)68-30-28-39-16-14-18-43(46(39)37-68)55(70)63-58-60-47-19-10-11-21-50(47)75-58)17-15-20-49(38)73-35-13-9-7-6-8-12-29-66-31-33-67(34-32-66)40-22-23-44-48(36-40)65(5)64-53(44)45-25-27-52(69)62-56(45)71/h10-11,14-24,26,36,45H,6-9,12-13,25,27-35,37H2,1-5H3,(H,60,63,70)(H,62,69,71). The summed E-state index contributed by atoms with van der Waals surface area (Å²) in [7, 11) is 1.92. The van der Waals surface area contributed by atoms with Gasteiger partial charge in [-0.25, -0.2) is 14.8 Å². The fraction of sp³-hybridized carbons (Fsp3) is 0.407. The molecule has 10 rings (SSSR count). The normalized spacial score (nSPS) is 16.3. The number of nitrogens with zero attached hydrogens (tertiary/aromatic N) is 7. The number of piperazine rings is 1. The van der Waals surface area contributed by atoms with Gasteiger partial charge in [0.2, 0.25) is 11.8 Å². The van der Waals surface area contributed by atoms with Crippen molar-refractivity contribution in [2.24, 2.45) is 7.05 Å². The van der Waals surface area contributed by atoms with Crippen molar-refractivity contribution in [3.63, 3.8) is 0 Å². The van der Waals surface area contributed by atoms with Gasteiger partial charge in [-0.05, 0) is 137 Å². The molecule has 3 amide bonds. The van der Waals surface area contributed by atoms with Gasteiger partial charge in [-0.3, -0.25) is 34.6 Å². The van der Waals surface area contributed by atoms with E-state index in [1.54, 1.807) is 0 Å². The van der Waals surface area contributed by atoms with Crippen molar-refractivity contribution >= 4 is 72.8 Å². The molecule has 0 radical (unpaired) electrons. The average molecular weight is 1030 g/mol. The van der Waals surface area contributed by atoms with Crippen LogP contribution in [0.2, 0.25) is 0 Å². The zero-order valence-corrected chi connectivity index (χ0v) is 44.6. The Hall–Kier alpha value is -7.17. The number of aromatic nitrogens is 4. The first-order valence-corrected chi connectivity index (χ1v) is 27.4. The van der Waals surface area contributed by atoms with Crippen LogP contribution in [0.5, 0.6) is 5.75 Å². The lowest BCUT2D eigenvalue weighted by atomic mass is 9.93. The molecule has 7 aromatic rings. The van der Waals surface area contributed by atoms with Crippen molar-refractivity contribution < 1.29 is 28.7 Å². The van der Waals surface area contributed by atoms with Crippen LogP contribution in [0.4, 0.5) is 16.6 Å². The van der Waals surface area contributed by atoms with Crippen LogP contribution in [-0.4, -0.2) is 99.8 Å². The van der Waals surface area contributed by atoms with E-state index in [-0.39, 0.29) is 23.4 Å². The van der Waals surface area contributed by atoms with E-state index in [1.165, 1.54) is 36.3 Å². The Morgan fingerprint density at radius 3 is 2.40 bits per heavy atom. The van der Waals surface area contributed by atoms with E-state index in [1.807, 2.05) is 106 Å². The Morgan fingerprint density at radius 2 is 1.60 bits per heavy atom. The maximum Gasteiger partial charge on any atom is 0.358 e. The van der Waals surface area contributed by atoms with Gasteiger partial charge in [0.05, 0.1) is 34.0 Å². The summed E-state index contributed by atoms with van der Waals surface area (Å²) >= 11 is 1.45. The molecule has 75 heavy (non-hydrogen) atoms. The number of aryl methyl sites for hydroxylation is 1. The van der Waals surface area contributed by atoms with Crippen molar-refractivity contribution in [3.8, 4) is 16.9 Å². The highest BCUT2D eigenvalue weighted by Crippen LogP contribution is 2.37. The number of thiazole rings is 1. The van der Waals surface area contributed by atoms with Crippen LogP contribution in [-0.2, 0) is 34.3 Å². The van der Waals surface area contributed by atoms with Crippen molar-refractivity contribution in [2.45, 2.75) is 104 Å². The van der Waals surface area contributed by atoms with Crippen LogP contribution >= 0.6 is 11.3 Å². The van der Waals surface area contributed by atoms with Gasteiger partial charge in [0.1, 0.15) is 17.2 Å². The van der Waals surface area contributed by atoms with Gasteiger partial charge in [0.25, 0.3) is 5.91 Å². The van der Waals surface area contributed by atoms with E-state index in [9.17, 15) is 19.2 Å². The highest BCUT2D eigenvalue weighted by atomic mass is 32.1. The van der Waals surface area contributed by atoms with Gasteiger partial charge in [-0.15, -0.1) is 0 Å². The molecule has 0 spiro atoms. The van der Waals surface area contributed by atoms with E-state index in [0.717, 1.165) is 107 Å². The fourth-order valence-corrected chi connectivity index (χ4v) is 11.6. The number of carbonyl (C=O) groups is 4. The molecule has 2 N–H and O–H groups in total. The summed E-state index contributed by atoms with van der Waals surface area (Å²) in [4.78, 5) is 68.9. The molecule has 390 valence electrons. The highest BCUT2D eigenvalue weighted by Gasteiger charge is 2.33. The van der Waals surface area contributed by atoms with Crippen LogP contribution in [0.3, 0.4) is 0 Å². The minimum absolute atomic E-state index is 0.207. The second-order valence-electron chi connectivity index (χ2n) is 21.1. The third-order valence-electron chi connectivity index (χ3n) is 14.7. The van der Waals surface area contributed by atoms with E-state index in [0.29, 0.717) is 61.0 Å². The number of anilines is 3. The Labute approximate surface area is 442 Å². The van der Waals surface area contributed by atoms with Crippen LogP contribution in [0.15, 0.2) is 91.0 Å². The lowest BCUT2D eigenvalue weighted by Gasteiger charge is -2.36. The number of esters is 1. The second-order valence-corrected chi connectivity index (χ2v) is 22.1. The van der Waals surface area contributed by atoms with Crippen LogP contribution in [0, 0.1) is 6.92 Å². The highest BCUT2D eigenvalue weighted by molar-refractivity contribution is 7.22. The Kier molecular flexibility index (Phi) is 15.3. The van der Waals surface area contributed by atoms with Gasteiger partial charge in [0, 0.05) is 74.9 Å². The molecule has 3 aliphatic heterocycles. The second kappa shape index (κ2) is 22.4. The van der Waals surface area contributed by atoms with E-state index < -0.39 is 17.5 Å². The molecule has 0 saturated carbocycles. The molecule has 1 atom stereocenters. The minimum atomic E-state index is -0.729. The molecule has 3 aliphatic rings. The lowest BCUT2D eigenvalue weighted by Crippen LogP contribution is -2.46. The number of benzene rings is 4. The summed E-state index contributed by atoms with van der Waals surface area (Å²) in [6, 6.07) is 30.0. The Bertz CT molecular complexity index is 3230. The molecule has 4 aromatic carbocycles. The quantitative estimate of drug-likeness (QED) is 0.0505.